The Morgan fingerprint density at radius 1 is 1.20 bits per heavy atom. The minimum atomic E-state index is -0.432. The van der Waals surface area contributed by atoms with Gasteiger partial charge in [-0.2, -0.15) is 0 Å². The molecule has 0 heterocycles. The summed E-state index contributed by atoms with van der Waals surface area (Å²) in [6, 6.07) is 12.5. The quantitative estimate of drug-likeness (QED) is 0.654. The summed E-state index contributed by atoms with van der Waals surface area (Å²) in [5.41, 5.74) is 2.55. The second-order valence-corrected chi connectivity index (χ2v) is 5.02. The van der Waals surface area contributed by atoms with Gasteiger partial charge in [0, 0.05) is 12.1 Å². The predicted molar refractivity (Wildman–Crippen MR) is 81.3 cm³/mol. The average Bonchev–Trinajstić information content (AvgIpc) is 2.41. The van der Waals surface area contributed by atoms with Gasteiger partial charge >= 0.3 is 0 Å². The summed E-state index contributed by atoms with van der Waals surface area (Å²) in [5.74, 6) is 0. The Labute approximate surface area is 122 Å². The number of hydrogen-bond donors (Lipinski definition) is 1. The molecular formula is C15H15ClN2O2. The highest BCUT2D eigenvalue weighted by molar-refractivity contribution is 6.33. The summed E-state index contributed by atoms with van der Waals surface area (Å²) in [7, 11) is 0. The second-order valence-electron chi connectivity index (χ2n) is 4.61. The van der Waals surface area contributed by atoms with Crippen molar-refractivity contribution in [1.82, 2.24) is 0 Å². The maximum Gasteiger partial charge on any atom is 0.293 e. The number of para-hydroxylation sites is 1. The van der Waals surface area contributed by atoms with Crippen LogP contribution in [-0.2, 0) is 0 Å². The largest absolute Gasteiger partial charge is 0.372 e. The van der Waals surface area contributed by atoms with Crippen LogP contribution < -0.4 is 5.32 Å². The Hall–Kier alpha value is -2.07. The van der Waals surface area contributed by atoms with Crippen LogP contribution in [-0.4, -0.2) is 4.92 Å². The molecule has 2 aromatic carbocycles. The summed E-state index contributed by atoms with van der Waals surface area (Å²) in [4.78, 5) is 10.6. The molecule has 0 amide bonds. The van der Waals surface area contributed by atoms with Gasteiger partial charge in [-0.3, -0.25) is 10.1 Å². The molecule has 1 atom stereocenters. The van der Waals surface area contributed by atoms with Crippen molar-refractivity contribution < 1.29 is 4.92 Å². The molecule has 0 aliphatic heterocycles. The molecule has 0 radical (unpaired) electrons. The number of nitrogens with zero attached hydrogens (tertiary/aromatic N) is 1. The number of nitrogens with one attached hydrogen (secondary N) is 1. The average molecular weight is 291 g/mol. The van der Waals surface area contributed by atoms with E-state index in [0.29, 0.717) is 10.7 Å². The molecule has 104 valence electrons. The van der Waals surface area contributed by atoms with E-state index in [9.17, 15) is 10.1 Å². The van der Waals surface area contributed by atoms with Crippen LogP contribution in [0.3, 0.4) is 0 Å². The predicted octanol–water partition coefficient (Wildman–Crippen LogP) is 4.73. The van der Waals surface area contributed by atoms with Gasteiger partial charge in [-0.1, -0.05) is 41.9 Å². The highest BCUT2D eigenvalue weighted by atomic mass is 35.5. The van der Waals surface area contributed by atoms with Gasteiger partial charge in [0.2, 0.25) is 0 Å². The summed E-state index contributed by atoms with van der Waals surface area (Å²) in [6.45, 7) is 3.96. The van der Waals surface area contributed by atoms with Crippen LogP contribution in [0.4, 0.5) is 11.4 Å². The lowest BCUT2D eigenvalue weighted by molar-refractivity contribution is -0.384. The molecule has 0 spiro atoms. The fourth-order valence-electron chi connectivity index (χ4n) is 2.17. The van der Waals surface area contributed by atoms with Crippen LogP contribution in [0.2, 0.25) is 5.02 Å². The fraction of sp³-hybridized carbons (Fsp3) is 0.200. The van der Waals surface area contributed by atoms with Crippen molar-refractivity contribution in [2.45, 2.75) is 19.9 Å². The zero-order chi connectivity index (χ0) is 14.7. The Bertz CT molecular complexity index is 644. The minimum absolute atomic E-state index is 0.0158. The minimum Gasteiger partial charge on any atom is -0.372 e. The third kappa shape index (κ3) is 2.91. The Morgan fingerprint density at radius 3 is 2.55 bits per heavy atom. The molecule has 0 saturated carbocycles. The van der Waals surface area contributed by atoms with E-state index in [-0.39, 0.29) is 11.7 Å². The molecule has 0 bridgehead atoms. The third-order valence-electron chi connectivity index (χ3n) is 3.20. The lowest BCUT2D eigenvalue weighted by atomic mass is 10.0. The number of nitro groups is 1. The maximum absolute atomic E-state index is 11.1. The summed E-state index contributed by atoms with van der Waals surface area (Å²) >= 11 is 6.08. The number of nitro benzene ring substituents is 1. The maximum atomic E-state index is 11.1. The van der Waals surface area contributed by atoms with Crippen LogP contribution >= 0.6 is 11.6 Å². The van der Waals surface area contributed by atoms with Crippen molar-refractivity contribution in [2.24, 2.45) is 0 Å². The van der Waals surface area contributed by atoms with Gasteiger partial charge < -0.3 is 5.32 Å². The molecule has 0 saturated heterocycles. The van der Waals surface area contributed by atoms with E-state index in [4.69, 9.17) is 11.6 Å². The smallest absolute Gasteiger partial charge is 0.293 e. The number of rotatable bonds is 4. The van der Waals surface area contributed by atoms with Crippen LogP contribution in [0.15, 0.2) is 42.5 Å². The topological polar surface area (TPSA) is 55.2 Å². The zero-order valence-corrected chi connectivity index (χ0v) is 12.0. The number of halogens is 1. The van der Waals surface area contributed by atoms with Gasteiger partial charge in [0.1, 0.15) is 5.69 Å². The van der Waals surface area contributed by atoms with E-state index in [1.165, 1.54) is 6.07 Å². The highest BCUT2D eigenvalue weighted by Crippen LogP contribution is 2.34. The molecule has 0 aromatic heterocycles. The summed E-state index contributed by atoms with van der Waals surface area (Å²) in [6.07, 6.45) is 0. The molecule has 2 aromatic rings. The Morgan fingerprint density at radius 2 is 1.90 bits per heavy atom. The highest BCUT2D eigenvalue weighted by Gasteiger charge is 2.19. The molecule has 0 aliphatic rings. The zero-order valence-electron chi connectivity index (χ0n) is 11.3. The summed E-state index contributed by atoms with van der Waals surface area (Å²) < 4.78 is 0. The SMILES string of the molecule is Cc1ccccc1C(C)Nc1c(Cl)cccc1[N+](=O)[O-]. The third-order valence-corrected chi connectivity index (χ3v) is 3.52. The lowest BCUT2D eigenvalue weighted by Crippen LogP contribution is -2.10. The number of anilines is 1. The van der Waals surface area contributed by atoms with E-state index in [0.717, 1.165) is 11.1 Å². The molecule has 0 aliphatic carbocycles. The van der Waals surface area contributed by atoms with Gasteiger partial charge in [-0.25, -0.2) is 0 Å². The molecule has 2 rings (SSSR count). The van der Waals surface area contributed by atoms with Gasteiger partial charge in [-0.05, 0) is 31.0 Å². The van der Waals surface area contributed by atoms with E-state index in [1.54, 1.807) is 12.1 Å². The van der Waals surface area contributed by atoms with Gasteiger partial charge in [0.15, 0.2) is 0 Å². The van der Waals surface area contributed by atoms with Gasteiger partial charge in [-0.15, -0.1) is 0 Å². The molecule has 1 N–H and O–H groups in total. The van der Waals surface area contributed by atoms with E-state index < -0.39 is 4.92 Å². The van der Waals surface area contributed by atoms with Crippen molar-refractivity contribution in [3.05, 3.63) is 68.7 Å². The van der Waals surface area contributed by atoms with Crippen molar-refractivity contribution in [2.75, 3.05) is 5.32 Å². The molecular weight excluding hydrogens is 276 g/mol. The first-order valence-corrected chi connectivity index (χ1v) is 6.63. The molecule has 4 nitrogen and oxygen atoms in total. The Kier molecular flexibility index (Phi) is 4.25. The first-order chi connectivity index (χ1) is 9.50. The monoisotopic (exact) mass is 290 g/mol. The van der Waals surface area contributed by atoms with E-state index >= 15 is 0 Å². The van der Waals surface area contributed by atoms with Crippen LogP contribution in [0, 0.1) is 17.0 Å². The van der Waals surface area contributed by atoms with Crippen molar-refractivity contribution >= 4 is 23.0 Å². The number of aryl methyl sites for hydroxylation is 1. The van der Waals surface area contributed by atoms with Crippen LogP contribution in [0.5, 0.6) is 0 Å². The van der Waals surface area contributed by atoms with Crippen LogP contribution in [0.1, 0.15) is 24.1 Å². The Balaban J connectivity index is 2.35. The van der Waals surface area contributed by atoms with Crippen molar-refractivity contribution in [1.29, 1.82) is 0 Å². The molecule has 0 fully saturated rings. The van der Waals surface area contributed by atoms with Gasteiger partial charge in [0.05, 0.1) is 9.95 Å². The van der Waals surface area contributed by atoms with Crippen LogP contribution in [0.25, 0.3) is 0 Å². The van der Waals surface area contributed by atoms with Crippen molar-refractivity contribution in [3.8, 4) is 0 Å². The normalized spacial score (nSPS) is 11.9. The molecule has 5 heteroatoms. The fourth-order valence-corrected chi connectivity index (χ4v) is 2.40. The van der Waals surface area contributed by atoms with E-state index in [2.05, 4.69) is 5.32 Å². The number of hydrogen-bond acceptors (Lipinski definition) is 3. The summed E-state index contributed by atoms with van der Waals surface area (Å²) in [5, 5.41) is 14.6. The van der Waals surface area contributed by atoms with Gasteiger partial charge in [0.25, 0.3) is 5.69 Å². The first kappa shape index (κ1) is 14.3. The molecule has 1 unspecified atom stereocenters. The van der Waals surface area contributed by atoms with Crippen molar-refractivity contribution in [3.63, 3.8) is 0 Å². The molecule has 20 heavy (non-hydrogen) atoms. The lowest BCUT2D eigenvalue weighted by Gasteiger charge is -2.18. The second kappa shape index (κ2) is 5.92. The van der Waals surface area contributed by atoms with E-state index in [1.807, 2.05) is 38.1 Å². The standard InChI is InChI=1S/C15H15ClN2O2/c1-10-6-3-4-7-12(10)11(2)17-15-13(16)8-5-9-14(15)18(19)20/h3-9,11,17H,1-2H3. The first-order valence-electron chi connectivity index (χ1n) is 6.25. The number of benzene rings is 2.